The van der Waals surface area contributed by atoms with E-state index in [0.717, 1.165) is 20.7 Å². The SMILES string of the molecule is CC(C)(C)[Si](O/N=C(/COc1cc(Br)c(OC2=CC3(C=C(Br)C2=O)OC(=O)C/C3=N\O[Si](c2ccccc2)(c2ccccc2)C(C)(C)C)c(Br)c1)C(=O)O)(c1ccccc1)c1ccccc1. The molecule has 0 bridgehead atoms. The van der Waals surface area contributed by atoms with Crippen LogP contribution < -0.4 is 30.2 Å². The van der Waals surface area contributed by atoms with Crippen LogP contribution in [0, 0.1) is 0 Å². The fourth-order valence-corrected chi connectivity index (χ4v) is 18.3. The fourth-order valence-electron chi connectivity index (χ4n) is 8.23. The largest absolute Gasteiger partial charge is 0.487 e. The molecular weight excluding hydrogens is 1070 g/mol. The maximum absolute atomic E-state index is 13.7. The summed E-state index contributed by atoms with van der Waals surface area (Å²) in [6, 6.07) is 42.6. The van der Waals surface area contributed by atoms with Crippen LogP contribution in [-0.4, -0.2) is 63.1 Å². The van der Waals surface area contributed by atoms with Gasteiger partial charge >= 0.3 is 28.6 Å². The second kappa shape index (κ2) is 19.4. The fraction of sp³-hybridized carbons (Fsp3) is 0.220. The van der Waals surface area contributed by atoms with Gasteiger partial charge in [0.2, 0.25) is 5.78 Å². The minimum Gasteiger partial charge on any atom is -0.487 e. The Bertz CT molecular complexity index is 2660. The zero-order valence-corrected chi connectivity index (χ0v) is 43.8. The molecule has 1 heterocycles. The van der Waals surface area contributed by atoms with Gasteiger partial charge < -0.3 is 28.4 Å². The first-order valence-electron chi connectivity index (χ1n) is 20.9. The van der Waals surface area contributed by atoms with E-state index in [1.807, 2.05) is 121 Å². The molecule has 66 heavy (non-hydrogen) atoms. The van der Waals surface area contributed by atoms with Crippen molar-refractivity contribution in [3.05, 3.63) is 165 Å². The van der Waals surface area contributed by atoms with Crippen LogP contribution >= 0.6 is 47.8 Å². The summed E-state index contributed by atoms with van der Waals surface area (Å²) < 4.78 is 32.4. The lowest BCUT2D eigenvalue weighted by molar-refractivity contribution is -0.143. The number of carbonyl (C=O) groups excluding carboxylic acids is 2. The summed E-state index contributed by atoms with van der Waals surface area (Å²) in [4.78, 5) is 39.5. The number of oxime groups is 2. The van der Waals surface area contributed by atoms with Crippen LogP contribution in [-0.2, 0) is 28.2 Å². The number of hydrogen-bond acceptors (Lipinski definition) is 10. The summed E-state index contributed by atoms with van der Waals surface area (Å²) in [5.41, 5.74) is -1.73. The van der Waals surface area contributed by atoms with E-state index >= 15 is 0 Å². The van der Waals surface area contributed by atoms with Gasteiger partial charge in [0.1, 0.15) is 18.1 Å². The Morgan fingerprint density at radius 2 is 1.14 bits per heavy atom. The molecule has 1 aliphatic heterocycles. The number of carbonyl (C=O) groups is 3. The van der Waals surface area contributed by atoms with Gasteiger partial charge in [-0.15, -0.1) is 5.16 Å². The number of nitrogens with zero attached hydrogens (tertiary/aromatic N) is 2. The van der Waals surface area contributed by atoms with Gasteiger partial charge in [0, 0.05) is 16.2 Å². The smallest absolute Gasteiger partial charge is 0.357 e. The average molecular weight is 1120 g/mol. The third-order valence-electron chi connectivity index (χ3n) is 11.4. The van der Waals surface area contributed by atoms with Crippen LogP contribution in [0.1, 0.15) is 48.0 Å². The molecule has 16 heteroatoms. The van der Waals surface area contributed by atoms with Crippen LogP contribution in [0.15, 0.2) is 175 Å². The van der Waals surface area contributed by atoms with Gasteiger partial charge in [-0.2, -0.15) is 0 Å². The summed E-state index contributed by atoms with van der Waals surface area (Å²) in [6.07, 6.45) is 2.71. The van der Waals surface area contributed by atoms with Gasteiger partial charge in [-0.1, -0.05) is 168 Å². The first kappa shape index (κ1) is 48.5. The van der Waals surface area contributed by atoms with Crippen molar-refractivity contribution in [1.82, 2.24) is 0 Å². The lowest BCUT2D eigenvalue weighted by Crippen LogP contribution is -2.66. The highest BCUT2D eigenvalue weighted by Crippen LogP contribution is 2.43. The summed E-state index contributed by atoms with van der Waals surface area (Å²) in [5, 5.41) is 22.3. The Hall–Kier alpha value is -5.40. The molecule has 1 unspecified atom stereocenters. The van der Waals surface area contributed by atoms with E-state index in [1.165, 1.54) is 12.2 Å². The maximum Gasteiger partial charge on any atom is 0.357 e. The summed E-state index contributed by atoms with van der Waals surface area (Å²) in [5.74, 6) is -2.11. The van der Waals surface area contributed by atoms with Crippen molar-refractivity contribution in [2.45, 2.75) is 63.6 Å². The predicted molar refractivity (Wildman–Crippen MR) is 271 cm³/mol. The van der Waals surface area contributed by atoms with E-state index in [-0.39, 0.29) is 39.6 Å². The molecule has 1 fully saturated rings. The van der Waals surface area contributed by atoms with Gasteiger partial charge in [0.15, 0.2) is 22.8 Å². The molecule has 0 aromatic heterocycles. The number of rotatable bonds is 14. The van der Waals surface area contributed by atoms with Crippen molar-refractivity contribution in [2.75, 3.05) is 6.61 Å². The van der Waals surface area contributed by atoms with Gasteiger partial charge in [0.25, 0.3) is 0 Å². The molecule has 1 spiro atoms. The van der Waals surface area contributed by atoms with E-state index in [9.17, 15) is 19.5 Å². The molecule has 1 atom stereocenters. The molecule has 0 amide bonds. The van der Waals surface area contributed by atoms with Crippen LogP contribution in [0.25, 0.3) is 0 Å². The highest BCUT2D eigenvalue weighted by molar-refractivity contribution is 9.12. The highest BCUT2D eigenvalue weighted by Gasteiger charge is 2.55. The zero-order valence-electron chi connectivity index (χ0n) is 37.0. The number of benzene rings is 5. The third-order valence-corrected chi connectivity index (χ3v) is 22.7. The molecular formula is C50H47Br3N2O9Si2. The molecule has 7 rings (SSSR count). The summed E-state index contributed by atoms with van der Waals surface area (Å²) in [6.45, 7) is 12.1. The van der Waals surface area contributed by atoms with Crippen LogP contribution in [0.4, 0.5) is 0 Å². The zero-order chi connectivity index (χ0) is 47.5. The predicted octanol–water partition coefficient (Wildman–Crippen LogP) is 9.35. The number of carboxylic acid groups (broad SMARTS) is 1. The number of aliphatic carboxylic acids is 1. The van der Waals surface area contributed by atoms with E-state index in [4.69, 9.17) is 28.4 Å². The monoisotopic (exact) mass is 1110 g/mol. The quantitative estimate of drug-likeness (QED) is 0.0499. The second-order valence-corrected chi connectivity index (χ2v) is 28.7. The van der Waals surface area contributed by atoms with Gasteiger partial charge in [-0.05, 0) is 86.7 Å². The van der Waals surface area contributed by atoms with Crippen molar-refractivity contribution in [1.29, 1.82) is 0 Å². The number of esters is 1. The van der Waals surface area contributed by atoms with Crippen LogP contribution in [0.3, 0.4) is 0 Å². The molecule has 11 nitrogen and oxygen atoms in total. The summed E-state index contributed by atoms with van der Waals surface area (Å²) >= 11 is 10.5. The number of Topliss-reactive ketones (excluding diaryl/α,β-unsaturated/α-hetero) is 1. The standard InChI is InChI=1S/C50H47Br3N2O9Si2/c1-48(2,3)65(34-19-11-7-12-20-34,35-21-13-8-14-22-35)63-54-41(47(58)59)32-60-33-27-38(51)46(39(52)28-33)61-42-31-50(30-40(53)45(42)57)43(29-44(56)62-50)55-64-66(49(4,5)6,36-23-15-9-16-24-36)37-25-17-10-18-26-37/h7-28,30-31H,29,32H2,1-6H3,(H,58,59)/b54-41-,55-43+. The Labute approximate surface area is 411 Å². The number of ketones is 1. The molecule has 0 radical (unpaired) electrons. The van der Waals surface area contributed by atoms with E-state index in [2.05, 4.69) is 94.5 Å². The van der Waals surface area contributed by atoms with Crippen molar-refractivity contribution in [2.24, 2.45) is 10.3 Å². The molecule has 1 saturated heterocycles. The number of allylic oxidation sites excluding steroid dienone is 1. The lowest BCUT2D eigenvalue weighted by atomic mass is 9.91. The van der Waals surface area contributed by atoms with Crippen LogP contribution in [0.5, 0.6) is 11.5 Å². The molecule has 0 saturated carbocycles. The highest BCUT2D eigenvalue weighted by atomic mass is 79.9. The van der Waals surface area contributed by atoms with Crippen molar-refractivity contribution >= 4 is 114 Å². The third kappa shape index (κ3) is 9.56. The first-order valence-corrected chi connectivity index (χ1v) is 27.1. The molecule has 1 aliphatic carbocycles. The molecule has 5 aromatic rings. The number of ether oxygens (including phenoxy) is 3. The van der Waals surface area contributed by atoms with Gasteiger partial charge in [-0.25, -0.2) is 4.79 Å². The summed E-state index contributed by atoms with van der Waals surface area (Å²) in [7, 11) is -6.40. The van der Waals surface area contributed by atoms with Crippen molar-refractivity contribution < 1.29 is 42.8 Å². The Morgan fingerprint density at radius 1 is 0.697 bits per heavy atom. The second-order valence-electron chi connectivity index (χ2n) is 17.8. The molecule has 2 aliphatic rings. The lowest BCUT2D eigenvalue weighted by Gasteiger charge is -2.40. The van der Waals surface area contributed by atoms with Gasteiger partial charge in [0.05, 0.1) is 19.8 Å². The number of halogens is 3. The topological polar surface area (TPSA) is 142 Å². The van der Waals surface area contributed by atoms with Crippen molar-refractivity contribution in [3.8, 4) is 11.5 Å². The normalized spacial score (nSPS) is 17.5. The number of carboxylic acids is 1. The van der Waals surface area contributed by atoms with E-state index in [1.54, 1.807) is 12.1 Å². The maximum atomic E-state index is 13.7. The Balaban J connectivity index is 1.17. The minimum absolute atomic E-state index is 0.0841. The van der Waals surface area contributed by atoms with Crippen LogP contribution in [0.2, 0.25) is 10.1 Å². The molecule has 1 N–H and O–H groups in total. The Morgan fingerprint density at radius 3 is 1.56 bits per heavy atom. The minimum atomic E-state index is -3.21. The van der Waals surface area contributed by atoms with Gasteiger partial charge in [-0.3, -0.25) is 9.59 Å². The molecule has 5 aromatic carbocycles. The average Bonchev–Trinajstić information content (AvgIpc) is 3.58. The van der Waals surface area contributed by atoms with Crippen molar-refractivity contribution in [3.63, 3.8) is 0 Å². The Kier molecular flexibility index (Phi) is 14.3. The van der Waals surface area contributed by atoms with E-state index in [0.29, 0.717) is 8.95 Å². The molecule has 340 valence electrons. The number of hydrogen-bond donors (Lipinski definition) is 1. The first-order chi connectivity index (χ1) is 31.3. The van der Waals surface area contributed by atoms with E-state index < -0.39 is 56.6 Å².